The summed E-state index contributed by atoms with van der Waals surface area (Å²) in [5.41, 5.74) is 3.62. The van der Waals surface area contributed by atoms with Crippen molar-refractivity contribution in [2.75, 3.05) is 13.2 Å². The van der Waals surface area contributed by atoms with E-state index >= 15 is 0 Å². The fourth-order valence-electron chi connectivity index (χ4n) is 2.98. The van der Waals surface area contributed by atoms with Crippen LogP contribution in [0.15, 0.2) is 60.7 Å². The van der Waals surface area contributed by atoms with Gasteiger partial charge in [0.2, 0.25) is 0 Å². The summed E-state index contributed by atoms with van der Waals surface area (Å²) in [5, 5.41) is 14.8. The predicted molar refractivity (Wildman–Crippen MR) is 103 cm³/mol. The summed E-state index contributed by atoms with van der Waals surface area (Å²) in [6, 6.07) is 20.9. The quantitative estimate of drug-likeness (QED) is 0.606. The lowest BCUT2D eigenvalue weighted by Gasteiger charge is -2.16. The van der Waals surface area contributed by atoms with Crippen LogP contribution in [0.2, 0.25) is 0 Å². The van der Waals surface area contributed by atoms with Crippen LogP contribution in [0.25, 0.3) is 10.8 Å². The topological polar surface area (TPSA) is 41.5 Å². The van der Waals surface area contributed by atoms with Gasteiger partial charge in [-0.25, -0.2) is 0 Å². The first-order chi connectivity index (χ1) is 12.3. The number of nitrogens with one attached hydrogen (secondary N) is 1. The molecule has 0 aliphatic carbocycles. The Morgan fingerprint density at radius 3 is 2.60 bits per heavy atom. The Hall–Kier alpha value is -2.36. The molecule has 0 bridgehead atoms. The summed E-state index contributed by atoms with van der Waals surface area (Å²) in [6.45, 7) is 4.39. The Morgan fingerprint density at radius 1 is 0.960 bits per heavy atom. The van der Waals surface area contributed by atoms with E-state index in [9.17, 15) is 0 Å². The number of aliphatic hydroxyl groups is 1. The molecule has 0 unspecified atom stereocenters. The SMILES string of the molecule is Cc1ccccc1COc1ccc2ccccc2c1CNCCCO. The first-order valence-electron chi connectivity index (χ1n) is 8.79. The van der Waals surface area contributed by atoms with Crippen LogP contribution in [0.1, 0.15) is 23.1 Å². The molecule has 0 fully saturated rings. The van der Waals surface area contributed by atoms with E-state index in [0.29, 0.717) is 6.61 Å². The number of hydrogen-bond donors (Lipinski definition) is 2. The first kappa shape index (κ1) is 17.5. The Bertz CT molecular complexity index is 829. The highest BCUT2D eigenvalue weighted by atomic mass is 16.5. The summed E-state index contributed by atoms with van der Waals surface area (Å²) >= 11 is 0. The van der Waals surface area contributed by atoms with Crippen molar-refractivity contribution in [2.24, 2.45) is 0 Å². The highest BCUT2D eigenvalue weighted by Crippen LogP contribution is 2.29. The van der Waals surface area contributed by atoms with Crippen LogP contribution in [0.5, 0.6) is 5.75 Å². The maximum Gasteiger partial charge on any atom is 0.124 e. The maximum atomic E-state index is 8.96. The van der Waals surface area contributed by atoms with E-state index in [1.807, 2.05) is 12.1 Å². The second kappa shape index (κ2) is 8.65. The summed E-state index contributed by atoms with van der Waals surface area (Å²) in [7, 11) is 0. The third kappa shape index (κ3) is 4.38. The molecule has 0 aliphatic heterocycles. The molecule has 2 N–H and O–H groups in total. The van der Waals surface area contributed by atoms with Gasteiger partial charge in [0.05, 0.1) is 0 Å². The fraction of sp³-hybridized carbons (Fsp3) is 0.273. The van der Waals surface area contributed by atoms with Gasteiger partial charge in [0, 0.05) is 18.7 Å². The Labute approximate surface area is 149 Å². The number of fused-ring (bicyclic) bond motifs is 1. The molecule has 0 saturated heterocycles. The van der Waals surface area contributed by atoms with E-state index in [4.69, 9.17) is 9.84 Å². The largest absolute Gasteiger partial charge is 0.489 e. The monoisotopic (exact) mass is 335 g/mol. The standard InChI is InChI=1S/C22H25NO2/c1-17-7-2-3-9-19(17)16-25-22-12-11-18-8-4-5-10-20(18)21(22)15-23-13-6-14-24/h2-5,7-12,23-24H,6,13-16H2,1H3. The third-order valence-electron chi connectivity index (χ3n) is 4.46. The molecule has 0 heterocycles. The third-order valence-corrected chi connectivity index (χ3v) is 4.46. The molecule has 0 saturated carbocycles. The molecule has 0 atom stereocenters. The molecule has 3 nitrogen and oxygen atoms in total. The second-order valence-electron chi connectivity index (χ2n) is 6.23. The zero-order valence-corrected chi connectivity index (χ0v) is 14.7. The molecule has 3 aromatic carbocycles. The summed E-state index contributed by atoms with van der Waals surface area (Å²) in [6.07, 6.45) is 0.754. The Kier molecular flexibility index (Phi) is 6.04. The number of rotatable bonds is 8. The number of benzene rings is 3. The number of hydrogen-bond acceptors (Lipinski definition) is 3. The van der Waals surface area contributed by atoms with E-state index in [0.717, 1.165) is 25.3 Å². The predicted octanol–water partition coefficient (Wildman–Crippen LogP) is 4.20. The van der Waals surface area contributed by atoms with Crippen LogP contribution in [-0.4, -0.2) is 18.3 Å². The van der Waals surface area contributed by atoms with E-state index < -0.39 is 0 Å². The zero-order chi connectivity index (χ0) is 17.5. The van der Waals surface area contributed by atoms with Gasteiger partial charge in [-0.05, 0) is 47.9 Å². The molecule has 3 aromatic rings. The van der Waals surface area contributed by atoms with Crippen molar-refractivity contribution >= 4 is 10.8 Å². The molecular formula is C22H25NO2. The van der Waals surface area contributed by atoms with E-state index in [1.165, 1.54) is 27.5 Å². The lowest BCUT2D eigenvalue weighted by Crippen LogP contribution is -2.16. The van der Waals surface area contributed by atoms with E-state index in [-0.39, 0.29) is 6.61 Å². The first-order valence-corrected chi connectivity index (χ1v) is 8.79. The minimum atomic E-state index is 0.208. The lowest BCUT2D eigenvalue weighted by molar-refractivity contribution is 0.285. The maximum absolute atomic E-state index is 8.96. The summed E-state index contributed by atoms with van der Waals surface area (Å²) in [5.74, 6) is 0.915. The van der Waals surface area contributed by atoms with Crippen LogP contribution in [0.3, 0.4) is 0 Å². The van der Waals surface area contributed by atoms with Crippen molar-refractivity contribution < 1.29 is 9.84 Å². The van der Waals surface area contributed by atoms with Crippen LogP contribution < -0.4 is 10.1 Å². The van der Waals surface area contributed by atoms with Crippen LogP contribution in [-0.2, 0) is 13.2 Å². The van der Waals surface area contributed by atoms with Gasteiger partial charge in [-0.3, -0.25) is 0 Å². The molecule has 0 radical (unpaired) electrons. The fourth-order valence-corrected chi connectivity index (χ4v) is 2.98. The van der Waals surface area contributed by atoms with Crippen LogP contribution >= 0.6 is 0 Å². The Balaban J connectivity index is 1.84. The highest BCUT2D eigenvalue weighted by molar-refractivity contribution is 5.87. The lowest BCUT2D eigenvalue weighted by atomic mass is 10.0. The van der Waals surface area contributed by atoms with Crippen LogP contribution in [0, 0.1) is 6.92 Å². The van der Waals surface area contributed by atoms with Gasteiger partial charge in [0.15, 0.2) is 0 Å². The zero-order valence-electron chi connectivity index (χ0n) is 14.7. The molecular weight excluding hydrogens is 310 g/mol. The molecule has 3 heteroatoms. The minimum Gasteiger partial charge on any atom is -0.489 e. The normalized spacial score (nSPS) is 11.0. The van der Waals surface area contributed by atoms with Crippen LogP contribution in [0.4, 0.5) is 0 Å². The molecule has 3 rings (SSSR count). The Morgan fingerprint density at radius 2 is 1.76 bits per heavy atom. The smallest absolute Gasteiger partial charge is 0.124 e. The van der Waals surface area contributed by atoms with E-state index in [2.05, 4.69) is 60.8 Å². The number of aryl methyl sites for hydroxylation is 1. The average molecular weight is 335 g/mol. The molecule has 0 spiro atoms. The van der Waals surface area contributed by atoms with Gasteiger partial charge < -0.3 is 15.2 Å². The number of ether oxygens (including phenoxy) is 1. The molecule has 0 aliphatic rings. The van der Waals surface area contributed by atoms with E-state index in [1.54, 1.807) is 0 Å². The molecule has 0 aromatic heterocycles. The molecule has 0 amide bonds. The van der Waals surface area contributed by atoms with Gasteiger partial charge in [0.25, 0.3) is 0 Å². The van der Waals surface area contributed by atoms with Gasteiger partial charge in [0.1, 0.15) is 12.4 Å². The van der Waals surface area contributed by atoms with Crippen molar-refractivity contribution in [1.82, 2.24) is 5.32 Å². The van der Waals surface area contributed by atoms with Gasteiger partial charge in [-0.15, -0.1) is 0 Å². The van der Waals surface area contributed by atoms with Gasteiger partial charge in [-0.1, -0.05) is 54.6 Å². The van der Waals surface area contributed by atoms with Gasteiger partial charge in [-0.2, -0.15) is 0 Å². The summed E-state index contributed by atoms with van der Waals surface area (Å²) in [4.78, 5) is 0. The number of aliphatic hydroxyl groups excluding tert-OH is 1. The van der Waals surface area contributed by atoms with Crippen molar-refractivity contribution in [3.8, 4) is 5.75 Å². The van der Waals surface area contributed by atoms with Crippen molar-refractivity contribution in [2.45, 2.75) is 26.5 Å². The summed E-state index contributed by atoms with van der Waals surface area (Å²) < 4.78 is 6.18. The highest BCUT2D eigenvalue weighted by Gasteiger charge is 2.09. The average Bonchev–Trinajstić information content (AvgIpc) is 2.65. The van der Waals surface area contributed by atoms with Gasteiger partial charge >= 0.3 is 0 Å². The van der Waals surface area contributed by atoms with Crippen molar-refractivity contribution in [3.63, 3.8) is 0 Å². The van der Waals surface area contributed by atoms with Crippen molar-refractivity contribution in [1.29, 1.82) is 0 Å². The molecule has 130 valence electrons. The molecule has 25 heavy (non-hydrogen) atoms. The second-order valence-corrected chi connectivity index (χ2v) is 6.23. The minimum absolute atomic E-state index is 0.208. The van der Waals surface area contributed by atoms with Crippen molar-refractivity contribution in [3.05, 3.63) is 77.4 Å².